The van der Waals surface area contributed by atoms with Gasteiger partial charge in [-0.15, -0.1) is 0 Å². The third kappa shape index (κ3) is 3.65. The molecule has 1 aliphatic carbocycles. The van der Waals surface area contributed by atoms with Crippen LogP contribution in [0.1, 0.15) is 19.8 Å². The first-order valence-corrected chi connectivity index (χ1v) is 11.6. The Hall–Kier alpha value is -2.92. The average molecular weight is 455 g/mol. The van der Waals surface area contributed by atoms with Crippen molar-refractivity contribution in [2.24, 2.45) is 5.10 Å². The maximum Gasteiger partial charge on any atom is 0.167 e. The van der Waals surface area contributed by atoms with Gasteiger partial charge in [0.1, 0.15) is 28.9 Å². The Bertz CT molecular complexity index is 1180. The van der Waals surface area contributed by atoms with Crippen molar-refractivity contribution in [1.29, 1.82) is 0 Å². The minimum atomic E-state index is -0.387. The van der Waals surface area contributed by atoms with Crippen molar-refractivity contribution in [3.05, 3.63) is 30.3 Å². The summed E-state index contributed by atoms with van der Waals surface area (Å²) in [5.41, 5.74) is 6.88. The fraction of sp³-hybridized carbons (Fsp3) is 0.429. The number of halogens is 1. The molecule has 0 radical (unpaired) electrons. The molecule has 2 N–H and O–H groups in total. The van der Waals surface area contributed by atoms with Crippen LogP contribution in [0.25, 0.3) is 22.3 Å². The molecule has 3 aromatic rings. The SMILES string of the molecule is CC1(Oc2cc3c(-c4cc(N5CCN([C@H]6NN=CS6)CC5)ncn4)n[nH]c3cc2F)CC1. The molecular formula is C21H23FN8OS. The highest BCUT2D eigenvalue weighted by molar-refractivity contribution is 8.12. The molecule has 3 aliphatic rings. The quantitative estimate of drug-likeness (QED) is 0.608. The monoisotopic (exact) mass is 454 g/mol. The van der Waals surface area contributed by atoms with Crippen LogP contribution in [0.5, 0.6) is 5.75 Å². The largest absolute Gasteiger partial charge is 0.484 e. The summed E-state index contributed by atoms with van der Waals surface area (Å²) in [5, 5.41) is 12.2. The number of hydrazone groups is 1. The van der Waals surface area contributed by atoms with E-state index in [0.29, 0.717) is 16.9 Å². The number of benzene rings is 1. The number of hydrogen-bond donors (Lipinski definition) is 2. The molecule has 1 saturated carbocycles. The number of fused-ring (bicyclic) bond motifs is 1. The number of H-pyrrole nitrogens is 1. The summed E-state index contributed by atoms with van der Waals surface area (Å²) in [7, 11) is 0. The van der Waals surface area contributed by atoms with E-state index in [9.17, 15) is 4.39 Å². The number of nitrogens with one attached hydrogen (secondary N) is 2. The molecule has 1 atom stereocenters. The van der Waals surface area contributed by atoms with Crippen molar-refractivity contribution in [3.8, 4) is 17.1 Å². The molecule has 1 aromatic carbocycles. The molecule has 9 nitrogen and oxygen atoms in total. The van der Waals surface area contributed by atoms with Crippen molar-refractivity contribution in [2.45, 2.75) is 30.9 Å². The molecule has 2 aliphatic heterocycles. The van der Waals surface area contributed by atoms with Crippen molar-refractivity contribution < 1.29 is 9.13 Å². The lowest BCUT2D eigenvalue weighted by Crippen LogP contribution is -2.52. The van der Waals surface area contributed by atoms with Crippen LogP contribution in [0.15, 0.2) is 29.6 Å². The predicted octanol–water partition coefficient (Wildman–Crippen LogP) is 2.78. The van der Waals surface area contributed by atoms with Crippen LogP contribution in [0.3, 0.4) is 0 Å². The van der Waals surface area contributed by atoms with Gasteiger partial charge in [-0.1, -0.05) is 11.8 Å². The summed E-state index contributed by atoms with van der Waals surface area (Å²) in [6.45, 7) is 5.54. The fourth-order valence-corrected chi connectivity index (χ4v) is 4.79. The number of rotatable bonds is 5. The van der Waals surface area contributed by atoms with E-state index in [1.165, 1.54) is 6.07 Å². The van der Waals surface area contributed by atoms with E-state index in [1.54, 1.807) is 24.2 Å². The normalized spacial score (nSPS) is 22.3. The van der Waals surface area contributed by atoms with Crippen LogP contribution in [-0.4, -0.2) is 67.9 Å². The van der Waals surface area contributed by atoms with E-state index in [2.05, 4.69) is 40.5 Å². The smallest absolute Gasteiger partial charge is 0.167 e. The zero-order chi connectivity index (χ0) is 21.7. The highest BCUT2D eigenvalue weighted by Gasteiger charge is 2.40. The molecular weight excluding hydrogens is 431 g/mol. The van der Waals surface area contributed by atoms with Crippen molar-refractivity contribution in [2.75, 3.05) is 31.1 Å². The topological polar surface area (TPSA) is 94.6 Å². The molecule has 6 rings (SSSR count). The maximum atomic E-state index is 14.5. The first-order valence-electron chi connectivity index (χ1n) is 10.7. The van der Waals surface area contributed by atoms with Crippen molar-refractivity contribution in [1.82, 2.24) is 30.5 Å². The van der Waals surface area contributed by atoms with Crippen LogP contribution in [0.4, 0.5) is 10.2 Å². The third-order valence-electron chi connectivity index (χ3n) is 6.22. The number of thioether (sulfide) groups is 1. The second-order valence-electron chi connectivity index (χ2n) is 8.59. The Morgan fingerprint density at radius 3 is 2.75 bits per heavy atom. The predicted molar refractivity (Wildman–Crippen MR) is 122 cm³/mol. The van der Waals surface area contributed by atoms with Crippen LogP contribution in [-0.2, 0) is 0 Å². The van der Waals surface area contributed by atoms with Gasteiger partial charge >= 0.3 is 0 Å². The van der Waals surface area contributed by atoms with Gasteiger partial charge in [0.2, 0.25) is 0 Å². The standard InChI is InChI=1S/C21H23FN8OS/c1-21(2-3-21)31-17-8-13-15(9-14(17)22)26-27-19(13)16-10-18(24-11-23-16)29-4-6-30(7-5-29)20-28-25-12-32-20/h8-12,20,28H,2-7H2,1H3,(H,26,27)/t20-/m1/s1. The fourth-order valence-electron chi connectivity index (χ4n) is 4.05. The van der Waals surface area contributed by atoms with Gasteiger partial charge in [-0.3, -0.25) is 15.4 Å². The summed E-state index contributed by atoms with van der Waals surface area (Å²) in [4.78, 5) is 13.6. The second-order valence-corrected chi connectivity index (χ2v) is 9.52. The van der Waals surface area contributed by atoms with E-state index >= 15 is 0 Å². The summed E-state index contributed by atoms with van der Waals surface area (Å²) in [6, 6.07) is 5.11. The van der Waals surface area contributed by atoms with Gasteiger partial charge in [0.25, 0.3) is 0 Å². The number of aromatic amines is 1. The Balaban J connectivity index is 1.25. The number of nitrogens with zero attached hydrogens (tertiary/aromatic N) is 6. The number of hydrogen-bond acceptors (Lipinski definition) is 9. The molecule has 2 fully saturated rings. The number of ether oxygens (including phenoxy) is 1. The number of anilines is 1. The molecule has 32 heavy (non-hydrogen) atoms. The summed E-state index contributed by atoms with van der Waals surface area (Å²) >= 11 is 1.69. The Morgan fingerprint density at radius 2 is 2.00 bits per heavy atom. The minimum Gasteiger partial charge on any atom is -0.484 e. The van der Waals surface area contributed by atoms with Crippen molar-refractivity contribution in [3.63, 3.8) is 0 Å². The zero-order valence-corrected chi connectivity index (χ0v) is 18.4. The third-order valence-corrected chi connectivity index (χ3v) is 7.11. The van der Waals surface area contributed by atoms with E-state index in [-0.39, 0.29) is 22.7 Å². The molecule has 0 spiro atoms. The van der Waals surface area contributed by atoms with Gasteiger partial charge in [0.05, 0.1) is 16.8 Å². The average Bonchev–Trinajstić information content (AvgIpc) is 3.20. The number of aromatic nitrogens is 4. The lowest BCUT2D eigenvalue weighted by atomic mass is 10.1. The molecule has 166 valence electrons. The zero-order valence-electron chi connectivity index (χ0n) is 17.6. The molecule has 0 unspecified atom stereocenters. The van der Waals surface area contributed by atoms with Crippen LogP contribution in [0, 0.1) is 5.82 Å². The molecule has 0 amide bonds. The summed E-state index contributed by atoms with van der Waals surface area (Å²) in [5.74, 6) is 0.730. The van der Waals surface area contributed by atoms with Gasteiger partial charge in [-0.25, -0.2) is 14.4 Å². The first kappa shape index (κ1) is 19.7. The Morgan fingerprint density at radius 1 is 1.16 bits per heavy atom. The second kappa shape index (κ2) is 7.59. The van der Waals surface area contributed by atoms with Gasteiger partial charge in [-0.05, 0) is 25.8 Å². The van der Waals surface area contributed by atoms with E-state index in [1.807, 2.05) is 18.5 Å². The van der Waals surface area contributed by atoms with Crippen LogP contribution < -0.4 is 15.1 Å². The first-order chi connectivity index (χ1) is 15.6. The highest BCUT2D eigenvalue weighted by Crippen LogP contribution is 2.41. The van der Waals surface area contributed by atoms with Gasteiger partial charge in [0.15, 0.2) is 11.6 Å². The molecule has 11 heteroatoms. The molecule has 2 aromatic heterocycles. The van der Waals surface area contributed by atoms with Gasteiger partial charge in [-0.2, -0.15) is 10.2 Å². The maximum absolute atomic E-state index is 14.5. The minimum absolute atomic E-state index is 0.211. The van der Waals surface area contributed by atoms with E-state index in [4.69, 9.17) is 4.74 Å². The highest BCUT2D eigenvalue weighted by atomic mass is 32.2. The van der Waals surface area contributed by atoms with Crippen LogP contribution >= 0.6 is 11.8 Å². The van der Waals surface area contributed by atoms with Crippen molar-refractivity contribution >= 4 is 34.0 Å². The lowest BCUT2D eigenvalue weighted by Gasteiger charge is -2.37. The molecule has 1 saturated heterocycles. The Kier molecular flexibility index (Phi) is 4.68. The van der Waals surface area contributed by atoms with Gasteiger partial charge < -0.3 is 9.64 Å². The van der Waals surface area contributed by atoms with E-state index in [0.717, 1.165) is 50.2 Å². The van der Waals surface area contributed by atoms with Gasteiger partial charge in [0, 0.05) is 43.7 Å². The summed E-state index contributed by atoms with van der Waals surface area (Å²) in [6.07, 6.45) is 3.44. The Labute approximate surface area is 188 Å². The van der Waals surface area contributed by atoms with E-state index < -0.39 is 0 Å². The molecule has 0 bridgehead atoms. The summed E-state index contributed by atoms with van der Waals surface area (Å²) < 4.78 is 20.4. The van der Waals surface area contributed by atoms with Crippen LogP contribution in [0.2, 0.25) is 0 Å². The molecule has 4 heterocycles. The number of piperazine rings is 1. The lowest BCUT2D eigenvalue weighted by molar-refractivity contribution is 0.191.